The van der Waals surface area contributed by atoms with E-state index >= 15 is 0 Å². The molecule has 0 spiro atoms. The first-order chi connectivity index (χ1) is 44.0. The Balaban J connectivity index is 1.02. The molecule has 4 heterocycles. The zero-order chi connectivity index (χ0) is 68.5. The van der Waals surface area contributed by atoms with Crippen molar-refractivity contribution in [3.05, 3.63) is 94.1 Å². The fraction of sp³-hybridized carbons (Fsp3) is 0.574. The number of carbonyl (C=O) groups excluding carboxylic acids is 10. The van der Waals surface area contributed by atoms with Crippen LogP contribution in [-0.2, 0) is 81.4 Å². The lowest BCUT2D eigenvalue weighted by Crippen LogP contribution is -2.53. The second-order valence-corrected chi connectivity index (χ2v) is 27.5. The van der Waals surface area contributed by atoms with Crippen LogP contribution >= 0.6 is 35.6 Å². The first-order valence-corrected chi connectivity index (χ1v) is 33.5. The predicted octanol–water partition coefficient (Wildman–Crippen LogP) is 7.61. The number of Topliss-reactive ketones (excluding diaryl/α,β-unsaturated/α-hetero) is 2. The highest BCUT2D eigenvalue weighted by Gasteiger charge is 2.64. The molecule has 0 aromatic heterocycles. The Hall–Kier alpha value is -6.83. The number of methoxy groups -OCH3 is 2. The standard InChI is InChI=1S/C68H91ClN6O16S2/c1-40(2)48(36-47(76)17-12-11-13-30-75-57(79)25-26-58(75)80)64(83)72-49(18-15-29-71-66(70)85)51(77)34-45-22-20-44(21-23-45)24-27-61(92)93-31-28-56(78)73(7)43(5)65(84)90-55-37-59(81)74(8)50-33-46(35-52(87-9)62(50)69)32-41(3)16-14-19-54(88-10)68(86)38-53(89-60(82)39-68)42(4)63-67(55,6)91-63/h14,16,19-23,25-26,33,35,40,42-43,48-49,53-55,63,86H,11-13,15,17-18,24,27-32,34,36-39H2,1-10H3,(H,72,83)(H3,70,71,85)/b19-14+,41-16+/t42-,43+,48?,49+,53+,54-,55+,63+,67+,68-/m1/s1. The number of urea groups is 1. The van der Waals surface area contributed by atoms with Gasteiger partial charge in [0.2, 0.25) is 17.7 Å². The van der Waals surface area contributed by atoms with Gasteiger partial charge < -0.3 is 55.0 Å². The van der Waals surface area contributed by atoms with Crippen LogP contribution in [0, 0.1) is 17.8 Å². The van der Waals surface area contributed by atoms with Crippen LogP contribution in [0.25, 0.3) is 0 Å². The Morgan fingerprint density at radius 3 is 2.31 bits per heavy atom. The number of aryl methyl sites for hydroxylation is 1. The third kappa shape index (κ3) is 21.1. The molecule has 508 valence electrons. The fourth-order valence-corrected chi connectivity index (χ4v) is 13.3. The van der Waals surface area contributed by atoms with Crippen molar-refractivity contribution >= 4 is 105 Å². The number of nitrogens with two attached hydrogens (primary N) is 1. The smallest absolute Gasteiger partial charge is 0.328 e. The number of halogens is 1. The molecule has 1 unspecified atom stereocenters. The minimum Gasteiger partial charge on any atom is -0.495 e. The maximum atomic E-state index is 14.5. The van der Waals surface area contributed by atoms with Gasteiger partial charge in [-0.2, -0.15) is 0 Å². The van der Waals surface area contributed by atoms with E-state index in [1.54, 1.807) is 45.2 Å². The highest BCUT2D eigenvalue weighted by molar-refractivity contribution is 8.23. The number of anilines is 1. The first kappa shape index (κ1) is 75.2. The largest absolute Gasteiger partial charge is 0.495 e. The number of ketones is 2. The van der Waals surface area contributed by atoms with Gasteiger partial charge in [0.05, 0.1) is 37.8 Å². The Bertz CT molecular complexity index is 3180. The van der Waals surface area contributed by atoms with Crippen molar-refractivity contribution in [1.29, 1.82) is 0 Å². The molecule has 10 atom stereocenters. The molecule has 0 saturated carbocycles. The summed E-state index contributed by atoms with van der Waals surface area (Å²) in [4.78, 5) is 135. The summed E-state index contributed by atoms with van der Waals surface area (Å²) in [6.07, 6.45) is 7.49. The number of unbranched alkanes of at least 4 members (excludes halogenated alkanes) is 2. The van der Waals surface area contributed by atoms with Crippen LogP contribution < -0.4 is 26.0 Å². The molecule has 2 aromatic carbocycles. The fourth-order valence-electron chi connectivity index (χ4n) is 11.9. The average molecular weight is 1350 g/mol. The Kier molecular flexibility index (Phi) is 27.9. The molecule has 4 aliphatic rings. The third-order valence-electron chi connectivity index (χ3n) is 17.9. The Morgan fingerprint density at radius 1 is 0.968 bits per heavy atom. The number of hydrogen-bond acceptors (Lipinski definition) is 18. The summed E-state index contributed by atoms with van der Waals surface area (Å²) in [5.74, 6) is -4.53. The van der Waals surface area contributed by atoms with Crippen molar-refractivity contribution in [2.45, 2.75) is 186 Å². The van der Waals surface area contributed by atoms with Crippen LogP contribution in [0.5, 0.6) is 5.75 Å². The van der Waals surface area contributed by atoms with E-state index in [9.17, 15) is 53.1 Å². The van der Waals surface area contributed by atoms with Crippen molar-refractivity contribution in [2.24, 2.45) is 23.5 Å². The number of nitrogens with one attached hydrogen (secondary N) is 2. The van der Waals surface area contributed by atoms with Crippen molar-refractivity contribution in [2.75, 3.05) is 52.1 Å². The molecule has 6 rings (SSSR count). The van der Waals surface area contributed by atoms with Crippen molar-refractivity contribution in [3.63, 3.8) is 0 Å². The van der Waals surface area contributed by atoms with E-state index in [4.69, 9.17) is 53.2 Å². The summed E-state index contributed by atoms with van der Waals surface area (Å²) in [5.41, 5.74) is 6.04. The molecule has 25 heteroatoms. The molecule has 2 fully saturated rings. The lowest BCUT2D eigenvalue weighted by Gasteiger charge is -2.41. The molecule has 2 aromatic rings. The first-order valence-electron chi connectivity index (χ1n) is 31.7. The number of imide groups is 1. The van der Waals surface area contributed by atoms with Gasteiger partial charge in [-0.25, -0.2) is 9.59 Å². The molecule has 4 bridgehead atoms. The maximum Gasteiger partial charge on any atom is 0.328 e. The van der Waals surface area contributed by atoms with Gasteiger partial charge in [0.15, 0.2) is 5.78 Å². The quantitative estimate of drug-likeness (QED) is 0.0200. The molecule has 4 aliphatic heterocycles. The summed E-state index contributed by atoms with van der Waals surface area (Å²) in [5, 5.41) is 17.6. The summed E-state index contributed by atoms with van der Waals surface area (Å²) >= 11 is 13.9. The lowest BCUT2D eigenvalue weighted by molar-refractivity contribution is -0.187. The number of ether oxygens (including phenoxy) is 5. The van der Waals surface area contributed by atoms with E-state index in [1.807, 2.05) is 51.1 Å². The van der Waals surface area contributed by atoms with Crippen molar-refractivity contribution in [1.82, 2.24) is 20.4 Å². The number of rotatable bonds is 29. The number of thioether (sulfide) groups is 1. The van der Waals surface area contributed by atoms with Gasteiger partial charge in [-0.1, -0.05) is 99.1 Å². The van der Waals surface area contributed by atoms with Crippen LogP contribution in [-0.4, -0.2) is 173 Å². The maximum absolute atomic E-state index is 14.5. The van der Waals surface area contributed by atoms with Crippen LogP contribution in [0.3, 0.4) is 0 Å². The third-order valence-corrected chi connectivity index (χ3v) is 19.8. The zero-order valence-corrected chi connectivity index (χ0v) is 57.3. The molecule has 5 N–H and O–H groups in total. The molecule has 0 radical (unpaired) electrons. The van der Waals surface area contributed by atoms with Crippen LogP contribution in [0.2, 0.25) is 5.02 Å². The zero-order valence-electron chi connectivity index (χ0n) is 55.0. The number of primary amides is 1. The van der Waals surface area contributed by atoms with Crippen LogP contribution in [0.4, 0.5) is 10.5 Å². The number of likely N-dealkylation sites (N-methyl/N-ethyl adjacent to an activating group) is 1. The summed E-state index contributed by atoms with van der Waals surface area (Å²) < 4.78 is 30.5. The van der Waals surface area contributed by atoms with Gasteiger partial charge in [0, 0.05) is 100 Å². The number of epoxide rings is 1. The van der Waals surface area contributed by atoms with Gasteiger partial charge in [0.25, 0.3) is 11.8 Å². The number of allylic oxidation sites excluding steroid dienone is 3. The predicted molar refractivity (Wildman–Crippen MR) is 356 cm³/mol. The van der Waals surface area contributed by atoms with Gasteiger partial charge in [-0.3, -0.25) is 43.3 Å². The van der Waals surface area contributed by atoms with Crippen molar-refractivity contribution < 1.29 is 76.7 Å². The minimum atomic E-state index is -1.64. The second-order valence-electron chi connectivity index (χ2n) is 25.2. The number of hydrogen-bond donors (Lipinski definition) is 4. The van der Waals surface area contributed by atoms with Crippen molar-refractivity contribution in [3.8, 4) is 5.75 Å². The van der Waals surface area contributed by atoms with Gasteiger partial charge in [0.1, 0.15) is 52.1 Å². The number of fused-ring (bicyclic) bond motifs is 5. The number of nitrogens with zero attached hydrogens (tertiary/aromatic N) is 3. The average Bonchev–Trinajstić information content (AvgIpc) is 1.58. The molecule has 7 amide bonds. The number of thiocarbonyl (C=S) groups is 1. The molecular weight excluding hydrogens is 1260 g/mol. The molecule has 93 heavy (non-hydrogen) atoms. The lowest BCUT2D eigenvalue weighted by atomic mass is 9.78. The van der Waals surface area contributed by atoms with Gasteiger partial charge in [-0.05, 0) is 100 Å². The summed E-state index contributed by atoms with van der Waals surface area (Å²) in [6, 6.07) is 8.30. The molecule has 0 aliphatic carbocycles. The molecule has 22 nitrogen and oxygen atoms in total. The highest BCUT2D eigenvalue weighted by atomic mass is 35.5. The Labute approximate surface area is 559 Å². The number of esters is 2. The molecule has 2 saturated heterocycles. The van der Waals surface area contributed by atoms with E-state index in [0.29, 0.717) is 71.9 Å². The SMILES string of the molecule is COc1cc2cc(c1Cl)N(C)C(=O)C[C@H](OC(=O)[C@H](C)N(C)C(=O)CCSC(=S)CCc1ccc(CC(=O)[C@H](CCCNC(N)=O)NC(=O)C(CC(=O)CCCCCN3C(=O)C=CC3=O)C(C)C)cc1)[C@]1(C)O[C@H]1[C@H](C)[C@@H]1C[C@@](O)(CC(=O)O1)[C@H](OC)/C=C/C=C(\C)C2. The number of benzene rings is 2. The van der Waals surface area contributed by atoms with E-state index in [1.165, 1.54) is 61.9 Å². The van der Waals surface area contributed by atoms with Crippen LogP contribution in [0.15, 0.2) is 72.4 Å². The van der Waals surface area contributed by atoms with Gasteiger partial charge >= 0.3 is 18.0 Å². The summed E-state index contributed by atoms with van der Waals surface area (Å²) in [6.45, 7) is 11.1. The topological polar surface area (TPSA) is 300 Å². The highest BCUT2D eigenvalue weighted by Crippen LogP contribution is 2.50. The van der Waals surface area contributed by atoms with E-state index in [0.717, 1.165) is 21.6 Å². The summed E-state index contributed by atoms with van der Waals surface area (Å²) in [7, 11) is 5.98. The van der Waals surface area contributed by atoms with E-state index < -0.39 is 89.3 Å². The minimum absolute atomic E-state index is 0.00419. The normalized spacial score (nSPS) is 24.2. The van der Waals surface area contributed by atoms with E-state index in [-0.39, 0.29) is 105 Å². The monoisotopic (exact) mass is 1350 g/mol. The number of aliphatic hydroxyl groups is 1. The number of carbonyl (C=O) groups is 10. The Morgan fingerprint density at radius 2 is 1.66 bits per heavy atom. The molecular formula is C68H91ClN6O16S2. The van der Waals surface area contributed by atoms with E-state index in [2.05, 4.69) is 10.6 Å². The van der Waals surface area contributed by atoms with Crippen LogP contribution in [0.1, 0.15) is 135 Å². The van der Waals surface area contributed by atoms with Gasteiger partial charge in [-0.15, -0.1) is 11.8 Å². The number of amides is 7. The second kappa shape index (κ2) is 34.5.